The SMILES string of the molecule is C=C/C=C\I=C(/C)CCCCCCC. The fraction of sp³-hybridized carbons (Fsp3) is 0.615. The molecule has 0 aromatic carbocycles. The number of allylic oxidation sites excluding steroid dienone is 2. The van der Waals surface area contributed by atoms with Crippen molar-refractivity contribution in [3.8, 4) is 0 Å². The predicted octanol–water partition coefficient (Wildman–Crippen LogP) is 5.21. The molecule has 0 nitrogen and oxygen atoms in total. The molecule has 14 heavy (non-hydrogen) atoms. The van der Waals surface area contributed by atoms with Gasteiger partial charge in [0.25, 0.3) is 0 Å². The molecule has 82 valence electrons. The van der Waals surface area contributed by atoms with Gasteiger partial charge in [0.2, 0.25) is 0 Å². The van der Waals surface area contributed by atoms with Gasteiger partial charge in [-0.25, -0.2) is 0 Å². The topological polar surface area (TPSA) is 0 Å². The van der Waals surface area contributed by atoms with E-state index in [1.54, 1.807) is 3.51 Å². The minimum Gasteiger partial charge on any atom is -0.0991 e. The molecule has 0 N–H and O–H groups in total. The molecule has 0 aromatic rings. The van der Waals surface area contributed by atoms with Crippen LogP contribution in [0.2, 0.25) is 0 Å². The van der Waals surface area contributed by atoms with Gasteiger partial charge in [0.05, 0.1) is 0 Å². The molecule has 0 aliphatic rings. The molecule has 0 amide bonds. The lowest BCUT2D eigenvalue weighted by atomic mass is 10.1. The van der Waals surface area contributed by atoms with Gasteiger partial charge in [0, 0.05) is 0 Å². The van der Waals surface area contributed by atoms with Gasteiger partial charge in [-0.3, -0.25) is 0 Å². The van der Waals surface area contributed by atoms with Crippen molar-refractivity contribution in [2.45, 2.75) is 52.4 Å². The van der Waals surface area contributed by atoms with Crippen molar-refractivity contribution in [1.82, 2.24) is 0 Å². The zero-order valence-corrected chi connectivity index (χ0v) is 11.7. The third kappa shape index (κ3) is 10.2. The number of hydrogen-bond donors (Lipinski definition) is 0. The third-order valence-electron chi connectivity index (χ3n) is 2.08. The Hall–Kier alpha value is 0.0800. The normalized spacial score (nSPS) is 12.9. The monoisotopic (exact) mass is 306 g/mol. The van der Waals surface area contributed by atoms with E-state index in [9.17, 15) is 0 Å². The van der Waals surface area contributed by atoms with E-state index in [4.69, 9.17) is 0 Å². The van der Waals surface area contributed by atoms with Crippen LogP contribution in [0.3, 0.4) is 0 Å². The van der Waals surface area contributed by atoms with E-state index < -0.39 is 0 Å². The Labute approximate surface area is 99.2 Å². The third-order valence-corrected chi connectivity index (χ3v) is 4.46. The second kappa shape index (κ2) is 11.2. The van der Waals surface area contributed by atoms with Crippen molar-refractivity contribution in [2.75, 3.05) is 0 Å². The van der Waals surface area contributed by atoms with Crippen LogP contribution in [0.5, 0.6) is 0 Å². The number of rotatable bonds is 8. The molecule has 0 radical (unpaired) electrons. The summed E-state index contributed by atoms with van der Waals surface area (Å²) in [5.74, 6) is 0. The van der Waals surface area contributed by atoms with Crippen LogP contribution in [0, 0.1) is 0 Å². The van der Waals surface area contributed by atoms with Gasteiger partial charge in [-0.15, -0.1) is 0 Å². The van der Waals surface area contributed by atoms with Crippen LogP contribution in [0.15, 0.2) is 22.8 Å². The summed E-state index contributed by atoms with van der Waals surface area (Å²) in [5.41, 5.74) is 0. The smallest absolute Gasteiger partial charge is 0.0266 e. The predicted molar refractivity (Wildman–Crippen MR) is 77.4 cm³/mol. The first kappa shape index (κ1) is 14.1. The Morgan fingerprint density at radius 2 is 1.93 bits per heavy atom. The van der Waals surface area contributed by atoms with E-state index >= 15 is 0 Å². The molecular weight excluding hydrogens is 283 g/mol. The molecule has 0 atom stereocenters. The molecule has 0 bridgehead atoms. The van der Waals surface area contributed by atoms with Crippen LogP contribution < -0.4 is 0 Å². The van der Waals surface area contributed by atoms with E-state index in [-0.39, 0.29) is 20.7 Å². The zero-order valence-electron chi connectivity index (χ0n) is 9.56. The summed E-state index contributed by atoms with van der Waals surface area (Å²) < 4.78 is 4.01. The highest BCUT2D eigenvalue weighted by Gasteiger charge is 1.91. The summed E-state index contributed by atoms with van der Waals surface area (Å²) in [6, 6.07) is 0. The Balaban J connectivity index is 3.43. The molecule has 0 rings (SSSR count). The minimum atomic E-state index is 0.194. The Bertz CT molecular complexity index is 189. The quantitative estimate of drug-likeness (QED) is 0.328. The molecule has 0 aromatic heterocycles. The molecule has 0 aliphatic heterocycles. The van der Waals surface area contributed by atoms with Crippen LogP contribution in [0.1, 0.15) is 52.4 Å². The van der Waals surface area contributed by atoms with Crippen LogP contribution in [-0.4, -0.2) is 3.51 Å². The maximum absolute atomic E-state index is 3.67. The molecule has 0 fully saturated rings. The van der Waals surface area contributed by atoms with Crippen molar-refractivity contribution in [3.63, 3.8) is 0 Å². The summed E-state index contributed by atoms with van der Waals surface area (Å²) >= 11 is 0.194. The van der Waals surface area contributed by atoms with Crippen molar-refractivity contribution in [1.29, 1.82) is 0 Å². The largest absolute Gasteiger partial charge is 0.0991 e. The summed E-state index contributed by atoms with van der Waals surface area (Å²) in [6.07, 6.45) is 12.3. The van der Waals surface area contributed by atoms with Gasteiger partial charge in [-0.1, -0.05) is 72.1 Å². The maximum atomic E-state index is 3.67. The summed E-state index contributed by atoms with van der Waals surface area (Å²) in [7, 11) is 0. The highest BCUT2D eigenvalue weighted by molar-refractivity contribution is 14.2. The highest BCUT2D eigenvalue weighted by Crippen LogP contribution is 2.11. The molecule has 0 heterocycles. The number of unbranched alkanes of at least 4 members (excludes halogenated alkanes) is 4. The van der Waals surface area contributed by atoms with E-state index in [0.717, 1.165) is 0 Å². The van der Waals surface area contributed by atoms with Crippen molar-refractivity contribution in [3.05, 3.63) is 22.8 Å². The van der Waals surface area contributed by atoms with E-state index in [1.807, 2.05) is 6.08 Å². The van der Waals surface area contributed by atoms with Crippen LogP contribution >= 0.6 is 20.7 Å². The first-order chi connectivity index (χ1) is 6.81. The maximum Gasteiger partial charge on any atom is -0.0266 e. The van der Waals surface area contributed by atoms with E-state index in [1.165, 1.54) is 38.5 Å². The van der Waals surface area contributed by atoms with Crippen molar-refractivity contribution in [2.24, 2.45) is 0 Å². The van der Waals surface area contributed by atoms with Gasteiger partial charge in [0.1, 0.15) is 0 Å². The molecule has 0 saturated carbocycles. The van der Waals surface area contributed by atoms with Crippen LogP contribution in [0.25, 0.3) is 0 Å². The zero-order chi connectivity index (χ0) is 10.6. The minimum absolute atomic E-state index is 0.194. The van der Waals surface area contributed by atoms with Crippen molar-refractivity contribution >= 4 is 24.2 Å². The number of halogens is 1. The van der Waals surface area contributed by atoms with Gasteiger partial charge in [-0.2, -0.15) is 0 Å². The van der Waals surface area contributed by atoms with Gasteiger partial charge in [0.15, 0.2) is 0 Å². The summed E-state index contributed by atoms with van der Waals surface area (Å²) in [4.78, 5) is 0. The highest BCUT2D eigenvalue weighted by atomic mass is 127. The first-order valence-electron chi connectivity index (χ1n) is 5.54. The second-order valence-corrected chi connectivity index (χ2v) is 6.69. The fourth-order valence-corrected chi connectivity index (χ4v) is 3.03. The van der Waals surface area contributed by atoms with Crippen LogP contribution in [0.4, 0.5) is 0 Å². The molecule has 0 aliphatic carbocycles. The summed E-state index contributed by atoms with van der Waals surface area (Å²) in [6.45, 7) is 8.25. The first-order valence-corrected chi connectivity index (χ1v) is 7.87. The molecule has 0 spiro atoms. The molecular formula is C13H23I. The summed E-state index contributed by atoms with van der Waals surface area (Å²) in [5, 5.41) is 0. The average Bonchev–Trinajstić information content (AvgIpc) is 2.18. The Morgan fingerprint density at radius 3 is 2.57 bits per heavy atom. The Morgan fingerprint density at radius 1 is 1.21 bits per heavy atom. The average molecular weight is 306 g/mol. The molecule has 1 heteroatoms. The fourth-order valence-electron chi connectivity index (χ4n) is 1.22. The number of hydrogen-bond acceptors (Lipinski definition) is 0. The van der Waals surface area contributed by atoms with Crippen LogP contribution in [-0.2, 0) is 0 Å². The lowest BCUT2D eigenvalue weighted by Gasteiger charge is -1.99. The molecule has 0 saturated heterocycles. The lowest BCUT2D eigenvalue weighted by Crippen LogP contribution is -1.86. The standard InChI is InChI=1S/C13H23I/c1-4-6-8-9-10-11-13(3)14-12-7-5-2/h5,7,12H,2,4,6,8-11H2,1,3H3/b12-7-. The van der Waals surface area contributed by atoms with Gasteiger partial charge in [-0.05, 0) is 27.4 Å². The van der Waals surface area contributed by atoms with Gasteiger partial charge < -0.3 is 0 Å². The van der Waals surface area contributed by atoms with Gasteiger partial charge >= 0.3 is 0 Å². The van der Waals surface area contributed by atoms with Crippen molar-refractivity contribution < 1.29 is 0 Å². The second-order valence-electron chi connectivity index (χ2n) is 3.50. The molecule has 0 unspecified atom stereocenters. The van der Waals surface area contributed by atoms with E-state index in [0.29, 0.717) is 0 Å². The van der Waals surface area contributed by atoms with E-state index in [2.05, 4.69) is 30.6 Å². The Kier molecular flexibility index (Phi) is 11.2. The lowest BCUT2D eigenvalue weighted by molar-refractivity contribution is 0.644.